The van der Waals surface area contributed by atoms with Crippen LogP contribution in [0.3, 0.4) is 0 Å². The second kappa shape index (κ2) is 4.52. The van der Waals surface area contributed by atoms with Gasteiger partial charge in [-0.1, -0.05) is 6.07 Å². The van der Waals surface area contributed by atoms with Crippen LogP contribution in [0.1, 0.15) is 10.4 Å². The van der Waals surface area contributed by atoms with Crippen molar-refractivity contribution in [3.05, 3.63) is 35.6 Å². The minimum absolute atomic E-state index is 0.0604. The summed E-state index contributed by atoms with van der Waals surface area (Å²) >= 11 is 4.47. The van der Waals surface area contributed by atoms with Crippen molar-refractivity contribution >= 4 is 23.2 Å². The summed E-state index contributed by atoms with van der Waals surface area (Å²) in [5, 5.41) is -0.0604. The Morgan fingerprint density at radius 1 is 1.43 bits per heavy atom. The molecule has 0 bridgehead atoms. The van der Waals surface area contributed by atoms with Gasteiger partial charge in [-0.2, -0.15) is 0 Å². The molecule has 74 valence electrons. The number of nitrogens with two attached hydrogens (primary N) is 1. The van der Waals surface area contributed by atoms with Gasteiger partial charge in [-0.05, 0) is 30.4 Å². The number of hydrogen-bond acceptors (Lipinski definition) is 2. The highest BCUT2D eigenvalue weighted by Crippen LogP contribution is 2.02. The predicted octanol–water partition coefficient (Wildman–Crippen LogP) is 0.304. The zero-order chi connectivity index (χ0) is 10.6. The molecule has 4 nitrogen and oxygen atoms in total. The molecular formula is C8H8FN3OS. The molecular weight excluding hydrogens is 205 g/mol. The summed E-state index contributed by atoms with van der Waals surface area (Å²) in [5.41, 5.74) is 9.72. The number of amides is 1. The van der Waals surface area contributed by atoms with Gasteiger partial charge in [-0.3, -0.25) is 15.6 Å². The largest absolute Gasteiger partial charge is 0.375 e. The fourth-order valence-corrected chi connectivity index (χ4v) is 0.871. The van der Waals surface area contributed by atoms with Crippen molar-refractivity contribution in [2.24, 2.45) is 5.73 Å². The molecule has 0 saturated carbocycles. The van der Waals surface area contributed by atoms with Crippen molar-refractivity contribution in [2.75, 3.05) is 0 Å². The van der Waals surface area contributed by atoms with Crippen LogP contribution in [-0.4, -0.2) is 11.0 Å². The average molecular weight is 213 g/mol. The Bertz CT molecular complexity index is 369. The molecule has 0 aliphatic heterocycles. The molecule has 14 heavy (non-hydrogen) atoms. The van der Waals surface area contributed by atoms with E-state index in [1.54, 1.807) is 0 Å². The third-order valence-corrected chi connectivity index (χ3v) is 1.49. The summed E-state index contributed by atoms with van der Waals surface area (Å²) in [4.78, 5) is 11.2. The molecule has 0 radical (unpaired) electrons. The second-order valence-corrected chi connectivity index (χ2v) is 2.89. The first-order valence-corrected chi connectivity index (χ1v) is 4.12. The minimum atomic E-state index is -0.502. The van der Waals surface area contributed by atoms with Crippen LogP contribution in [0.25, 0.3) is 0 Å². The lowest BCUT2D eigenvalue weighted by Gasteiger charge is -2.05. The number of benzene rings is 1. The third kappa shape index (κ3) is 2.98. The molecule has 1 aromatic carbocycles. The lowest BCUT2D eigenvalue weighted by Crippen LogP contribution is -2.44. The predicted molar refractivity (Wildman–Crippen MR) is 53.8 cm³/mol. The zero-order valence-corrected chi connectivity index (χ0v) is 7.90. The Hall–Kier alpha value is -1.69. The summed E-state index contributed by atoms with van der Waals surface area (Å²) < 4.78 is 12.7. The van der Waals surface area contributed by atoms with Crippen LogP contribution in [0, 0.1) is 5.82 Å². The molecule has 0 atom stereocenters. The van der Waals surface area contributed by atoms with Crippen LogP contribution in [-0.2, 0) is 0 Å². The van der Waals surface area contributed by atoms with Gasteiger partial charge in [-0.25, -0.2) is 4.39 Å². The standard InChI is InChI=1S/C8H8FN3OS/c9-6-3-1-2-5(4-6)7(13)11-12-8(10)14/h1-4H,(H,11,13)(H3,10,12,14). The quantitative estimate of drug-likeness (QED) is 0.464. The topological polar surface area (TPSA) is 67.2 Å². The summed E-state index contributed by atoms with van der Waals surface area (Å²) in [7, 11) is 0. The summed E-state index contributed by atoms with van der Waals surface area (Å²) in [6.45, 7) is 0. The Balaban J connectivity index is 2.65. The van der Waals surface area contributed by atoms with Crippen molar-refractivity contribution in [1.82, 2.24) is 10.9 Å². The van der Waals surface area contributed by atoms with E-state index in [0.29, 0.717) is 0 Å². The van der Waals surface area contributed by atoms with Gasteiger partial charge >= 0.3 is 0 Å². The summed E-state index contributed by atoms with van der Waals surface area (Å²) in [6.07, 6.45) is 0. The van der Waals surface area contributed by atoms with E-state index in [1.807, 2.05) is 0 Å². The SMILES string of the molecule is NC(=S)NNC(=O)c1cccc(F)c1. The third-order valence-electron chi connectivity index (χ3n) is 1.39. The van der Waals surface area contributed by atoms with Crippen molar-refractivity contribution in [2.45, 2.75) is 0 Å². The van der Waals surface area contributed by atoms with E-state index >= 15 is 0 Å². The van der Waals surface area contributed by atoms with E-state index in [2.05, 4.69) is 23.1 Å². The Labute approximate surface area is 85.3 Å². The first-order chi connectivity index (χ1) is 6.59. The Morgan fingerprint density at radius 3 is 2.71 bits per heavy atom. The van der Waals surface area contributed by atoms with Gasteiger partial charge in [0.1, 0.15) is 5.82 Å². The smallest absolute Gasteiger partial charge is 0.269 e. The maximum atomic E-state index is 12.7. The van der Waals surface area contributed by atoms with Crippen molar-refractivity contribution < 1.29 is 9.18 Å². The molecule has 0 aliphatic rings. The molecule has 1 aromatic rings. The number of hydrazine groups is 1. The Morgan fingerprint density at radius 2 is 2.14 bits per heavy atom. The van der Waals surface area contributed by atoms with Gasteiger partial charge in [0.2, 0.25) is 0 Å². The molecule has 0 unspecified atom stereocenters. The van der Waals surface area contributed by atoms with E-state index in [4.69, 9.17) is 5.73 Å². The molecule has 0 spiro atoms. The first kappa shape index (κ1) is 10.4. The number of hydrogen-bond donors (Lipinski definition) is 3. The van der Waals surface area contributed by atoms with Crippen LogP contribution < -0.4 is 16.6 Å². The number of carbonyl (C=O) groups is 1. The van der Waals surface area contributed by atoms with Crippen LogP contribution in [0.2, 0.25) is 0 Å². The van der Waals surface area contributed by atoms with E-state index in [1.165, 1.54) is 18.2 Å². The molecule has 0 aliphatic carbocycles. The van der Waals surface area contributed by atoms with Gasteiger partial charge in [-0.15, -0.1) is 0 Å². The van der Waals surface area contributed by atoms with Crippen molar-refractivity contribution in [3.8, 4) is 0 Å². The molecule has 0 aromatic heterocycles. The van der Waals surface area contributed by atoms with Crippen molar-refractivity contribution in [1.29, 1.82) is 0 Å². The summed E-state index contributed by atoms with van der Waals surface area (Å²) in [5.74, 6) is -0.981. The highest BCUT2D eigenvalue weighted by Gasteiger charge is 2.04. The van der Waals surface area contributed by atoms with Gasteiger partial charge < -0.3 is 5.73 Å². The fraction of sp³-hybridized carbons (Fsp3) is 0. The number of carbonyl (C=O) groups excluding carboxylic acids is 1. The highest BCUT2D eigenvalue weighted by molar-refractivity contribution is 7.80. The van der Waals surface area contributed by atoms with E-state index in [0.717, 1.165) is 6.07 Å². The molecule has 0 heterocycles. The van der Waals surface area contributed by atoms with Crippen LogP contribution in [0.5, 0.6) is 0 Å². The number of halogens is 1. The van der Waals surface area contributed by atoms with E-state index in [-0.39, 0.29) is 10.7 Å². The van der Waals surface area contributed by atoms with Crippen LogP contribution in [0.15, 0.2) is 24.3 Å². The lowest BCUT2D eigenvalue weighted by molar-refractivity contribution is 0.0943. The average Bonchev–Trinajstić information content (AvgIpc) is 2.14. The molecule has 1 amide bonds. The maximum absolute atomic E-state index is 12.7. The van der Waals surface area contributed by atoms with Crippen molar-refractivity contribution in [3.63, 3.8) is 0 Å². The van der Waals surface area contributed by atoms with Gasteiger partial charge in [0, 0.05) is 5.56 Å². The van der Waals surface area contributed by atoms with Crippen LogP contribution >= 0.6 is 12.2 Å². The number of nitrogens with one attached hydrogen (secondary N) is 2. The first-order valence-electron chi connectivity index (χ1n) is 3.71. The zero-order valence-electron chi connectivity index (χ0n) is 7.08. The molecule has 0 saturated heterocycles. The summed E-state index contributed by atoms with van der Waals surface area (Å²) in [6, 6.07) is 5.26. The highest BCUT2D eigenvalue weighted by atomic mass is 32.1. The molecule has 4 N–H and O–H groups in total. The second-order valence-electron chi connectivity index (χ2n) is 2.45. The maximum Gasteiger partial charge on any atom is 0.269 e. The van der Waals surface area contributed by atoms with Crippen LogP contribution in [0.4, 0.5) is 4.39 Å². The monoisotopic (exact) mass is 213 g/mol. The van der Waals surface area contributed by atoms with E-state index < -0.39 is 11.7 Å². The lowest BCUT2D eigenvalue weighted by atomic mass is 10.2. The minimum Gasteiger partial charge on any atom is -0.375 e. The normalized spacial score (nSPS) is 9.21. The van der Waals surface area contributed by atoms with E-state index in [9.17, 15) is 9.18 Å². The fourth-order valence-electron chi connectivity index (χ4n) is 0.820. The van der Waals surface area contributed by atoms with Gasteiger partial charge in [0.25, 0.3) is 5.91 Å². The number of thiocarbonyl (C=S) groups is 1. The van der Waals surface area contributed by atoms with Gasteiger partial charge in [0.15, 0.2) is 5.11 Å². The molecule has 6 heteroatoms. The number of rotatable bonds is 1. The van der Waals surface area contributed by atoms with Gasteiger partial charge in [0.05, 0.1) is 0 Å². The Kier molecular flexibility index (Phi) is 3.35. The molecule has 1 rings (SSSR count). The molecule has 0 fully saturated rings.